The minimum Gasteiger partial charge on any atom is -2.00 e. The van der Waals surface area contributed by atoms with E-state index in [1.54, 1.807) is 0 Å². The van der Waals surface area contributed by atoms with E-state index < -0.39 is 0 Å². The van der Waals surface area contributed by atoms with Crippen molar-refractivity contribution in [2.24, 2.45) is 0 Å². The molecule has 0 heterocycles. The topological polar surface area (TPSA) is 57.0 Å². The standard InChI is InChI=1S/C10H8.2O.Ti/c1-2-6-10-8-4-3-7-9(10)5-1;;;/h1-8H;;;/q;2*-2;+4. The summed E-state index contributed by atoms with van der Waals surface area (Å²) in [5, 5.41) is 2.62. The fraction of sp³-hybridized carbons (Fsp3) is 0. The molecule has 13 heavy (non-hydrogen) atoms. The Morgan fingerprint density at radius 3 is 1.00 bits per heavy atom. The van der Waals surface area contributed by atoms with Crippen molar-refractivity contribution in [1.82, 2.24) is 0 Å². The fourth-order valence-corrected chi connectivity index (χ4v) is 1.13. The molecule has 0 aliphatic heterocycles. The van der Waals surface area contributed by atoms with Crippen LogP contribution in [0, 0.1) is 0 Å². The van der Waals surface area contributed by atoms with E-state index in [1.165, 1.54) is 10.8 Å². The third kappa shape index (κ3) is 3.29. The van der Waals surface area contributed by atoms with E-state index >= 15 is 0 Å². The number of fused-ring (bicyclic) bond motifs is 1. The average Bonchev–Trinajstić information content (AvgIpc) is 2.05. The molecule has 0 aliphatic carbocycles. The van der Waals surface area contributed by atoms with Crippen LogP contribution < -0.4 is 0 Å². The van der Waals surface area contributed by atoms with Crippen LogP contribution in [-0.4, -0.2) is 0 Å². The molecule has 0 unspecified atom stereocenters. The molecule has 0 bridgehead atoms. The Kier molecular flexibility index (Phi) is 7.77. The van der Waals surface area contributed by atoms with Crippen LogP contribution in [0.15, 0.2) is 48.5 Å². The second-order valence-corrected chi connectivity index (χ2v) is 2.35. The first-order valence-corrected chi connectivity index (χ1v) is 3.40. The van der Waals surface area contributed by atoms with Crippen molar-refractivity contribution in [2.75, 3.05) is 0 Å². The molecule has 64 valence electrons. The van der Waals surface area contributed by atoms with E-state index in [9.17, 15) is 0 Å². The van der Waals surface area contributed by atoms with E-state index in [2.05, 4.69) is 48.5 Å². The number of rotatable bonds is 0. The summed E-state index contributed by atoms with van der Waals surface area (Å²) in [5.74, 6) is 0. The van der Waals surface area contributed by atoms with Gasteiger partial charge in [-0.25, -0.2) is 0 Å². The maximum absolute atomic E-state index is 2.12. The molecule has 0 fully saturated rings. The van der Waals surface area contributed by atoms with Gasteiger partial charge in [-0.2, -0.15) is 0 Å². The second kappa shape index (κ2) is 6.81. The van der Waals surface area contributed by atoms with Crippen LogP contribution in [0.1, 0.15) is 0 Å². The molecule has 2 aromatic carbocycles. The van der Waals surface area contributed by atoms with Gasteiger partial charge in [0.05, 0.1) is 0 Å². The summed E-state index contributed by atoms with van der Waals surface area (Å²) in [7, 11) is 0. The van der Waals surface area contributed by atoms with Crippen LogP contribution >= 0.6 is 0 Å². The van der Waals surface area contributed by atoms with Crippen molar-refractivity contribution in [1.29, 1.82) is 0 Å². The summed E-state index contributed by atoms with van der Waals surface area (Å²) >= 11 is 0. The van der Waals surface area contributed by atoms with Gasteiger partial charge in [0.1, 0.15) is 0 Å². The molecule has 0 N–H and O–H groups in total. The predicted molar refractivity (Wildman–Crippen MR) is 45.3 cm³/mol. The Morgan fingerprint density at radius 2 is 0.769 bits per heavy atom. The van der Waals surface area contributed by atoms with Crippen molar-refractivity contribution in [3.8, 4) is 0 Å². The van der Waals surface area contributed by atoms with Gasteiger partial charge in [0.25, 0.3) is 0 Å². The summed E-state index contributed by atoms with van der Waals surface area (Å²) in [4.78, 5) is 0. The summed E-state index contributed by atoms with van der Waals surface area (Å²) in [5.41, 5.74) is 0. The molecule has 2 rings (SSSR count). The van der Waals surface area contributed by atoms with Crippen molar-refractivity contribution in [3.05, 3.63) is 48.5 Å². The van der Waals surface area contributed by atoms with Crippen molar-refractivity contribution >= 4 is 10.8 Å². The Hall–Kier alpha value is -0.666. The second-order valence-electron chi connectivity index (χ2n) is 2.35. The van der Waals surface area contributed by atoms with Gasteiger partial charge in [0.15, 0.2) is 0 Å². The van der Waals surface area contributed by atoms with E-state index in [1.807, 2.05) is 0 Å². The molecule has 0 saturated heterocycles. The summed E-state index contributed by atoms with van der Waals surface area (Å²) < 4.78 is 0. The fourth-order valence-electron chi connectivity index (χ4n) is 1.13. The Morgan fingerprint density at radius 1 is 0.538 bits per heavy atom. The van der Waals surface area contributed by atoms with Gasteiger partial charge in [0, 0.05) is 0 Å². The number of benzene rings is 2. The summed E-state index contributed by atoms with van der Waals surface area (Å²) in [6.07, 6.45) is 0. The molecule has 2 aromatic rings. The summed E-state index contributed by atoms with van der Waals surface area (Å²) in [6.45, 7) is 0. The van der Waals surface area contributed by atoms with Crippen LogP contribution in [0.2, 0.25) is 0 Å². The molecular formula is C10H8O2Ti. The molecule has 0 aromatic heterocycles. The third-order valence-corrected chi connectivity index (χ3v) is 1.66. The SMILES string of the molecule is [O-2].[O-2].[Ti+4].c1ccc2ccccc2c1. The maximum Gasteiger partial charge on any atom is 4.00 e. The first kappa shape index (κ1) is 14.8. The van der Waals surface area contributed by atoms with Crippen LogP contribution in [0.3, 0.4) is 0 Å². The Labute approximate surface area is 92.1 Å². The Bertz CT molecular complexity index is 284. The van der Waals surface area contributed by atoms with Crippen LogP contribution in [0.25, 0.3) is 10.8 Å². The molecule has 3 heteroatoms. The smallest absolute Gasteiger partial charge is 2.00 e. The minimum absolute atomic E-state index is 0. The van der Waals surface area contributed by atoms with Crippen molar-refractivity contribution in [3.63, 3.8) is 0 Å². The molecule has 0 amide bonds. The summed E-state index contributed by atoms with van der Waals surface area (Å²) in [6, 6.07) is 16.7. The average molecular weight is 208 g/mol. The third-order valence-electron chi connectivity index (χ3n) is 1.66. The normalized spacial score (nSPS) is 7.69. The van der Waals surface area contributed by atoms with Gasteiger partial charge < -0.3 is 11.0 Å². The van der Waals surface area contributed by atoms with Gasteiger partial charge in [-0.15, -0.1) is 0 Å². The molecule has 0 atom stereocenters. The quantitative estimate of drug-likeness (QED) is 0.597. The zero-order valence-corrected chi connectivity index (χ0v) is 8.50. The first-order chi connectivity index (χ1) is 4.97. The van der Waals surface area contributed by atoms with E-state index in [-0.39, 0.29) is 32.7 Å². The van der Waals surface area contributed by atoms with Crippen LogP contribution in [-0.2, 0) is 32.7 Å². The van der Waals surface area contributed by atoms with Crippen LogP contribution in [0.4, 0.5) is 0 Å². The molecule has 0 radical (unpaired) electrons. The van der Waals surface area contributed by atoms with E-state index in [0.717, 1.165) is 0 Å². The molecule has 0 spiro atoms. The molecule has 0 saturated carbocycles. The number of hydrogen-bond donors (Lipinski definition) is 0. The van der Waals surface area contributed by atoms with Gasteiger partial charge in [-0.05, 0) is 10.8 Å². The zero-order valence-electron chi connectivity index (χ0n) is 6.94. The largest absolute Gasteiger partial charge is 4.00 e. The van der Waals surface area contributed by atoms with Gasteiger partial charge >= 0.3 is 21.7 Å². The van der Waals surface area contributed by atoms with Crippen molar-refractivity contribution < 1.29 is 32.7 Å². The molecule has 0 aliphatic rings. The minimum atomic E-state index is 0. The zero-order chi connectivity index (χ0) is 6.81. The molecular weight excluding hydrogens is 200 g/mol. The van der Waals surface area contributed by atoms with Crippen LogP contribution in [0.5, 0.6) is 0 Å². The number of hydrogen-bond acceptors (Lipinski definition) is 0. The first-order valence-electron chi connectivity index (χ1n) is 3.40. The Balaban J connectivity index is 0. The monoisotopic (exact) mass is 208 g/mol. The molecule has 2 nitrogen and oxygen atoms in total. The maximum atomic E-state index is 2.12. The van der Waals surface area contributed by atoms with Gasteiger partial charge in [0.2, 0.25) is 0 Å². The van der Waals surface area contributed by atoms with E-state index in [0.29, 0.717) is 0 Å². The van der Waals surface area contributed by atoms with Gasteiger partial charge in [-0.3, -0.25) is 0 Å². The van der Waals surface area contributed by atoms with Crippen molar-refractivity contribution in [2.45, 2.75) is 0 Å². The van der Waals surface area contributed by atoms with Gasteiger partial charge in [-0.1, -0.05) is 48.5 Å². The predicted octanol–water partition coefficient (Wildman–Crippen LogP) is 2.60. The van der Waals surface area contributed by atoms with E-state index in [4.69, 9.17) is 0 Å².